The number of aromatic nitrogens is 2. The summed E-state index contributed by atoms with van der Waals surface area (Å²) in [5.74, 6) is -3.48. The number of pyridine rings is 2. The summed E-state index contributed by atoms with van der Waals surface area (Å²) >= 11 is 12.2. The summed E-state index contributed by atoms with van der Waals surface area (Å²) in [5, 5.41) is 13.8. The molecule has 0 saturated heterocycles. The van der Waals surface area contributed by atoms with E-state index in [4.69, 9.17) is 38.4 Å². The van der Waals surface area contributed by atoms with Crippen molar-refractivity contribution in [1.82, 2.24) is 15.3 Å². The van der Waals surface area contributed by atoms with Crippen molar-refractivity contribution < 1.29 is 33.0 Å². The van der Waals surface area contributed by atoms with Gasteiger partial charge in [0.05, 0.1) is 29.5 Å². The number of rotatable bonds is 8. The number of methoxy groups -OCH3 is 1. The summed E-state index contributed by atoms with van der Waals surface area (Å²) in [6, 6.07) is 8.04. The van der Waals surface area contributed by atoms with Gasteiger partial charge in [0, 0.05) is 46.3 Å². The molecule has 0 bridgehead atoms. The molecule has 2 amide bonds. The van der Waals surface area contributed by atoms with Crippen LogP contribution in [0.5, 0.6) is 11.5 Å². The molecule has 1 aliphatic rings. The van der Waals surface area contributed by atoms with Crippen molar-refractivity contribution in [3.8, 4) is 22.8 Å². The highest BCUT2D eigenvalue weighted by Gasteiger charge is 2.44. The fraction of sp³-hybridized carbons (Fsp3) is 0.267. The molecule has 0 aliphatic carbocycles. The Morgan fingerprint density at radius 3 is 2.56 bits per heavy atom. The second kappa shape index (κ2) is 11.6. The summed E-state index contributed by atoms with van der Waals surface area (Å²) < 4.78 is 40.1. The number of benzene rings is 2. The Hall–Kier alpha value is -4.06. The molecule has 9 nitrogen and oxygen atoms in total. The lowest BCUT2D eigenvalue weighted by atomic mass is 9.82. The molecule has 4 N–H and O–H groups in total. The molecular weight excluding hydrogens is 605 g/mol. The number of ether oxygens (including phenoxy) is 2. The molecule has 0 spiro atoms. The number of nitrogens with two attached hydrogens (primary N) is 1. The van der Waals surface area contributed by atoms with Gasteiger partial charge in [-0.1, -0.05) is 23.2 Å². The predicted molar refractivity (Wildman–Crippen MR) is 157 cm³/mol. The number of carbonyl (C=O) groups excluding carboxylic acids is 2. The van der Waals surface area contributed by atoms with Gasteiger partial charge in [-0.3, -0.25) is 9.59 Å². The Labute approximate surface area is 254 Å². The van der Waals surface area contributed by atoms with Crippen molar-refractivity contribution in [2.24, 2.45) is 5.73 Å². The van der Waals surface area contributed by atoms with Crippen LogP contribution in [0.2, 0.25) is 10.0 Å². The van der Waals surface area contributed by atoms with Crippen LogP contribution in [-0.2, 0) is 10.2 Å². The van der Waals surface area contributed by atoms with Crippen LogP contribution in [0.15, 0.2) is 36.4 Å². The summed E-state index contributed by atoms with van der Waals surface area (Å²) in [6.07, 6.45) is 0. The number of nitrogens with one attached hydrogen (secondary N) is 1. The molecule has 0 saturated carbocycles. The second-order valence-electron chi connectivity index (χ2n) is 10.4. The molecule has 4 aromatic rings. The zero-order chi connectivity index (χ0) is 31.2. The number of fused-ring (bicyclic) bond motifs is 2. The van der Waals surface area contributed by atoms with E-state index in [1.54, 1.807) is 26.0 Å². The largest absolute Gasteiger partial charge is 0.494 e. The number of aryl methyl sites for hydroxylation is 1. The van der Waals surface area contributed by atoms with Gasteiger partial charge in [0.15, 0.2) is 0 Å². The number of hydrogen-bond donors (Lipinski definition) is 3. The molecule has 0 unspecified atom stereocenters. The van der Waals surface area contributed by atoms with Gasteiger partial charge in [0.2, 0.25) is 5.91 Å². The Morgan fingerprint density at radius 1 is 1.14 bits per heavy atom. The molecule has 5 rings (SSSR count). The summed E-state index contributed by atoms with van der Waals surface area (Å²) in [6.45, 7) is 2.59. The van der Waals surface area contributed by atoms with E-state index < -0.39 is 41.4 Å². The number of halogens is 4. The first-order chi connectivity index (χ1) is 20.4. The summed E-state index contributed by atoms with van der Waals surface area (Å²) in [4.78, 5) is 34.7. The quantitative estimate of drug-likeness (QED) is 0.237. The maximum absolute atomic E-state index is 15.0. The minimum Gasteiger partial charge on any atom is -0.494 e. The van der Waals surface area contributed by atoms with Crippen molar-refractivity contribution in [2.75, 3.05) is 26.9 Å². The monoisotopic (exact) mass is 630 g/mol. The average Bonchev–Trinajstić information content (AvgIpc) is 3.32. The van der Waals surface area contributed by atoms with Crippen molar-refractivity contribution >= 4 is 45.9 Å². The minimum atomic E-state index is -1.30. The lowest BCUT2D eigenvalue weighted by molar-refractivity contribution is -0.123. The van der Waals surface area contributed by atoms with E-state index in [2.05, 4.69) is 15.3 Å². The van der Waals surface area contributed by atoms with Gasteiger partial charge < -0.3 is 25.6 Å². The highest BCUT2D eigenvalue weighted by atomic mass is 35.5. The Kier molecular flexibility index (Phi) is 8.17. The first-order valence-corrected chi connectivity index (χ1v) is 13.8. The molecule has 13 heteroatoms. The molecule has 0 radical (unpaired) electrons. The molecule has 0 fully saturated rings. The van der Waals surface area contributed by atoms with Gasteiger partial charge in [-0.15, -0.1) is 0 Å². The van der Waals surface area contributed by atoms with Gasteiger partial charge in [-0.2, -0.15) is 0 Å². The lowest BCUT2D eigenvalue weighted by Gasteiger charge is -2.21. The molecule has 3 heterocycles. The van der Waals surface area contributed by atoms with Crippen molar-refractivity contribution in [1.29, 1.82) is 0 Å². The molecule has 43 heavy (non-hydrogen) atoms. The third kappa shape index (κ3) is 5.44. The van der Waals surface area contributed by atoms with Gasteiger partial charge in [-0.25, -0.2) is 18.7 Å². The van der Waals surface area contributed by atoms with Crippen molar-refractivity contribution in [3.05, 3.63) is 80.6 Å². The van der Waals surface area contributed by atoms with E-state index in [0.29, 0.717) is 39.0 Å². The SMILES string of the molecule is COc1cc(C(=O)NC[C@@H](CO)c2cc3c(c(-c4cc(Cl)c(F)cc4F)n2)OC[C@]3(C)C(N)=O)cc2cc(Cl)c(C)nc12. The number of nitrogens with zero attached hydrogens (tertiary/aromatic N) is 2. The molecular formula is C30H26Cl2F2N4O5. The van der Waals surface area contributed by atoms with E-state index in [-0.39, 0.29) is 46.4 Å². The van der Waals surface area contributed by atoms with Gasteiger partial charge in [0.25, 0.3) is 5.91 Å². The fourth-order valence-electron chi connectivity index (χ4n) is 4.89. The zero-order valence-corrected chi connectivity index (χ0v) is 24.7. The predicted octanol–water partition coefficient (Wildman–Crippen LogP) is 4.84. The van der Waals surface area contributed by atoms with Crippen molar-refractivity contribution in [2.45, 2.75) is 25.2 Å². The van der Waals surface area contributed by atoms with Gasteiger partial charge in [-0.05, 0) is 44.2 Å². The highest BCUT2D eigenvalue weighted by molar-refractivity contribution is 6.32. The second-order valence-corrected chi connectivity index (χ2v) is 11.2. The normalized spacial score (nSPS) is 16.5. The lowest BCUT2D eigenvalue weighted by Crippen LogP contribution is -2.40. The molecule has 2 atom stereocenters. The minimum absolute atomic E-state index is 0.0550. The van der Waals surface area contributed by atoms with Crippen LogP contribution in [-0.4, -0.2) is 53.8 Å². The number of hydrogen-bond acceptors (Lipinski definition) is 7. The smallest absolute Gasteiger partial charge is 0.251 e. The topological polar surface area (TPSA) is 137 Å². The van der Waals surface area contributed by atoms with E-state index in [1.807, 2.05) is 0 Å². The maximum atomic E-state index is 15.0. The number of aliphatic hydroxyl groups is 1. The first kappa shape index (κ1) is 30.4. The number of primary amides is 1. The fourth-order valence-corrected chi connectivity index (χ4v) is 5.21. The van der Waals surface area contributed by atoms with Crippen LogP contribution in [0.25, 0.3) is 22.2 Å². The van der Waals surface area contributed by atoms with E-state index in [1.165, 1.54) is 19.2 Å². The van der Waals surface area contributed by atoms with Crippen LogP contribution in [0, 0.1) is 18.6 Å². The Morgan fingerprint density at radius 2 is 1.88 bits per heavy atom. The van der Waals surface area contributed by atoms with Crippen molar-refractivity contribution in [3.63, 3.8) is 0 Å². The molecule has 224 valence electrons. The van der Waals surface area contributed by atoms with Crippen LogP contribution < -0.4 is 20.5 Å². The summed E-state index contributed by atoms with van der Waals surface area (Å²) in [5.41, 5.74) is 6.08. The highest BCUT2D eigenvalue weighted by Crippen LogP contribution is 2.46. The number of amides is 2. The zero-order valence-electron chi connectivity index (χ0n) is 23.2. The average molecular weight is 631 g/mol. The van der Waals surface area contributed by atoms with Gasteiger partial charge in [0.1, 0.15) is 46.4 Å². The van der Waals surface area contributed by atoms with E-state index in [0.717, 1.165) is 6.07 Å². The third-order valence-corrected chi connectivity index (χ3v) is 8.22. The maximum Gasteiger partial charge on any atom is 0.251 e. The van der Waals surface area contributed by atoms with E-state index in [9.17, 15) is 23.5 Å². The Balaban J connectivity index is 1.52. The van der Waals surface area contributed by atoms with Crippen LogP contribution >= 0.6 is 23.2 Å². The van der Waals surface area contributed by atoms with Gasteiger partial charge >= 0.3 is 0 Å². The van der Waals surface area contributed by atoms with E-state index >= 15 is 0 Å². The molecule has 1 aliphatic heterocycles. The molecule has 2 aromatic carbocycles. The summed E-state index contributed by atoms with van der Waals surface area (Å²) in [7, 11) is 1.46. The number of aliphatic hydroxyl groups excluding tert-OH is 1. The third-order valence-electron chi connectivity index (χ3n) is 7.54. The molecule has 2 aromatic heterocycles. The standard InChI is InChI=1S/C30H26Cl2F2N4O5/c1-13-19(31)5-14-4-15(6-24(42-3)25(14)37-13)28(40)36-10-16(11-39)23-8-18-27(43-12-30(18,2)29(35)41)26(38-23)17-7-20(32)22(34)9-21(17)33/h4-9,16,39H,10-12H2,1-3H3,(H2,35,41)(H,36,40)/t16-,30-/m0/s1. The first-order valence-electron chi connectivity index (χ1n) is 13.0. The van der Waals surface area contributed by atoms with Crippen LogP contribution in [0.3, 0.4) is 0 Å². The van der Waals surface area contributed by atoms with Crippen LogP contribution in [0.4, 0.5) is 8.78 Å². The number of carbonyl (C=O) groups is 2. The van der Waals surface area contributed by atoms with Crippen LogP contribution in [0.1, 0.15) is 40.2 Å². The Bertz CT molecular complexity index is 1810.